The fourth-order valence-electron chi connectivity index (χ4n) is 3.76. The molecule has 0 spiro atoms. The summed E-state index contributed by atoms with van der Waals surface area (Å²) in [5.74, 6) is 0.108. The first-order valence-corrected chi connectivity index (χ1v) is 19.3. The Labute approximate surface area is 317 Å². The summed E-state index contributed by atoms with van der Waals surface area (Å²) in [7, 11) is 0. The van der Waals surface area contributed by atoms with Crippen LogP contribution in [0.4, 0.5) is 0 Å². The number of aromatic hydroxyl groups is 3. The lowest BCUT2D eigenvalue weighted by Gasteiger charge is -2.32. The van der Waals surface area contributed by atoms with E-state index in [1.165, 1.54) is 47.4 Å². The van der Waals surface area contributed by atoms with Gasteiger partial charge in [0.25, 0.3) is 0 Å². The molecule has 0 aliphatic rings. The Morgan fingerprint density at radius 2 is 1.02 bits per heavy atom. The second-order valence-electron chi connectivity index (χ2n) is 10.6. The molecule has 47 heavy (non-hydrogen) atoms. The average Bonchev–Trinajstić information content (AvgIpc) is 3.02. The van der Waals surface area contributed by atoms with Crippen LogP contribution < -0.4 is 0 Å². The molecule has 0 aliphatic carbocycles. The van der Waals surface area contributed by atoms with E-state index in [4.69, 9.17) is 69.6 Å². The number of Topliss-reactive ketones (excluding diaryl/α,β-unsaturated/α-hetero) is 2. The first-order chi connectivity index (χ1) is 21.9. The summed E-state index contributed by atoms with van der Waals surface area (Å²) < 4.78 is 0. The number of phenols is 3. The Bertz CT molecular complexity index is 1510. The molecule has 0 heterocycles. The van der Waals surface area contributed by atoms with Crippen molar-refractivity contribution in [3.8, 4) is 17.2 Å². The number of phenolic OH excluding ortho intramolecular Hbond substituents is 3. The largest absolute Gasteiger partial charge is 0.505 e. The van der Waals surface area contributed by atoms with Gasteiger partial charge in [-0.1, -0.05) is 97.3 Å². The van der Waals surface area contributed by atoms with Crippen molar-refractivity contribution < 1.29 is 30.0 Å². The van der Waals surface area contributed by atoms with Crippen LogP contribution in [0.25, 0.3) is 0 Å². The van der Waals surface area contributed by atoms with Crippen molar-refractivity contribution in [3.05, 3.63) is 66.5 Å². The summed E-state index contributed by atoms with van der Waals surface area (Å²) in [6, 6.07) is 9.48. The van der Waals surface area contributed by atoms with E-state index in [0.717, 1.165) is 4.90 Å². The smallest absolute Gasteiger partial charge is 0.152 e. The van der Waals surface area contributed by atoms with Crippen LogP contribution in [-0.2, 0) is 9.59 Å². The lowest BCUT2D eigenvalue weighted by Crippen LogP contribution is -2.43. The maximum Gasteiger partial charge on any atom is 0.152 e. The van der Waals surface area contributed by atoms with Gasteiger partial charge < -0.3 is 20.4 Å². The second kappa shape index (κ2) is 19.5. The number of aliphatic hydroxyl groups is 1. The lowest BCUT2D eigenvalue weighted by atomic mass is 9.85. The van der Waals surface area contributed by atoms with E-state index in [0.29, 0.717) is 28.4 Å². The zero-order valence-electron chi connectivity index (χ0n) is 25.8. The molecule has 3 aromatic rings. The van der Waals surface area contributed by atoms with Gasteiger partial charge >= 0.3 is 0 Å². The van der Waals surface area contributed by atoms with Gasteiger partial charge in [-0.15, -0.1) is 35.3 Å². The molecule has 0 aromatic heterocycles. The Morgan fingerprint density at radius 1 is 0.660 bits per heavy atom. The zero-order chi connectivity index (χ0) is 35.6. The van der Waals surface area contributed by atoms with Crippen molar-refractivity contribution >= 4 is 116 Å². The molecule has 0 radical (unpaired) electrons. The van der Waals surface area contributed by atoms with Crippen LogP contribution in [0.3, 0.4) is 0 Å². The predicted octanol–water partition coefficient (Wildman–Crippen LogP) is 11.3. The maximum atomic E-state index is 12.7. The molecule has 2 unspecified atom stereocenters. The first-order valence-electron chi connectivity index (χ1n) is 14.1. The van der Waals surface area contributed by atoms with Gasteiger partial charge in [0.1, 0.15) is 11.6 Å². The fraction of sp³-hybridized carbons (Fsp3) is 0.375. The first kappa shape index (κ1) is 42.3. The number of ketones is 2. The van der Waals surface area contributed by atoms with Gasteiger partial charge in [-0.25, -0.2) is 0 Å². The molecule has 4 N–H and O–H groups in total. The van der Waals surface area contributed by atoms with E-state index in [-0.39, 0.29) is 76.4 Å². The highest BCUT2D eigenvalue weighted by atomic mass is 35.5. The van der Waals surface area contributed by atoms with Crippen LogP contribution in [-0.4, -0.2) is 54.9 Å². The van der Waals surface area contributed by atoms with Crippen LogP contribution >= 0.6 is 105 Å². The van der Waals surface area contributed by atoms with E-state index in [1.807, 2.05) is 20.8 Å². The fourth-order valence-corrected chi connectivity index (χ4v) is 8.78. The van der Waals surface area contributed by atoms with Crippen LogP contribution in [0, 0.1) is 11.8 Å². The van der Waals surface area contributed by atoms with Crippen LogP contribution in [0.5, 0.6) is 17.2 Å². The molecule has 0 amide bonds. The summed E-state index contributed by atoms with van der Waals surface area (Å²) in [6.07, 6.45) is 0.895. The van der Waals surface area contributed by atoms with E-state index in [1.54, 1.807) is 31.2 Å². The molecule has 0 bridgehead atoms. The number of rotatable bonds is 14. The number of carbonyl (C=O) groups is 2. The quantitative estimate of drug-likeness (QED) is 0.118. The minimum absolute atomic E-state index is 0.0718. The van der Waals surface area contributed by atoms with Crippen molar-refractivity contribution in [2.75, 3.05) is 17.3 Å². The van der Waals surface area contributed by atoms with Crippen LogP contribution in [0.2, 0.25) is 30.1 Å². The molecule has 6 nitrogen and oxygen atoms in total. The third kappa shape index (κ3) is 12.8. The normalized spacial score (nSPS) is 13.1. The van der Waals surface area contributed by atoms with Gasteiger partial charge in [0, 0.05) is 44.4 Å². The Balaban J connectivity index is 0.000000382. The minimum atomic E-state index is -1.25. The molecule has 15 heteroatoms. The SMILES string of the molecule is CC(C)C(=O)CCSc1cc(Cl)c(O)c(Cl)c1.CCC(O)(CSc1cc(Cl)c(O)c(Cl)c1)C(C)C(=O)CSc1cc(Cl)c(O)c(Cl)c1. The van der Waals surface area contributed by atoms with Gasteiger partial charge in [0.2, 0.25) is 0 Å². The molecule has 0 saturated carbocycles. The summed E-state index contributed by atoms with van der Waals surface area (Å²) in [5, 5.41) is 40.7. The number of halogens is 6. The summed E-state index contributed by atoms with van der Waals surface area (Å²) in [5.41, 5.74) is -1.25. The van der Waals surface area contributed by atoms with Crippen molar-refractivity contribution in [1.29, 1.82) is 0 Å². The summed E-state index contributed by atoms with van der Waals surface area (Å²) >= 11 is 39.3. The molecule has 0 aliphatic heterocycles. The topological polar surface area (TPSA) is 115 Å². The Morgan fingerprint density at radius 3 is 1.38 bits per heavy atom. The molecule has 0 saturated heterocycles. The van der Waals surface area contributed by atoms with Gasteiger partial charge in [-0.2, -0.15) is 0 Å². The number of hydrogen-bond acceptors (Lipinski definition) is 9. The summed E-state index contributed by atoms with van der Waals surface area (Å²) in [6.45, 7) is 7.29. The number of carbonyl (C=O) groups excluding carboxylic acids is 2. The van der Waals surface area contributed by atoms with Crippen molar-refractivity contribution in [2.24, 2.45) is 11.8 Å². The maximum absolute atomic E-state index is 12.7. The number of benzene rings is 3. The molecule has 258 valence electrons. The standard InChI is InChI=1S/C20H20Cl4O4S2.C12H14Cl2O2S/c1-3-20(28,9-30-12-6-15(23)19(27)16(24)7-12)10(2)17(25)8-29-11-4-13(21)18(26)14(22)5-11;1-7(2)11(15)3-4-17-8-5-9(13)12(16)10(14)6-8/h4-7,10,26-28H,3,8-9H2,1-2H3;5-7,16H,3-4H2,1-2H3. The molecular weight excluding hydrogens is 789 g/mol. The third-order valence-electron chi connectivity index (χ3n) is 7.00. The Hall–Kier alpha value is -0.850. The lowest BCUT2D eigenvalue weighted by molar-refractivity contribution is -0.127. The second-order valence-corrected chi connectivity index (χ2v) is 16.4. The highest BCUT2D eigenvalue weighted by Crippen LogP contribution is 2.40. The highest BCUT2D eigenvalue weighted by molar-refractivity contribution is 8.00. The van der Waals surface area contributed by atoms with Crippen molar-refractivity contribution in [3.63, 3.8) is 0 Å². The number of hydrogen-bond donors (Lipinski definition) is 4. The zero-order valence-corrected chi connectivity index (χ0v) is 32.7. The van der Waals surface area contributed by atoms with E-state index in [2.05, 4.69) is 0 Å². The van der Waals surface area contributed by atoms with E-state index in [9.17, 15) is 30.0 Å². The van der Waals surface area contributed by atoms with Crippen LogP contribution in [0.15, 0.2) is 51.1 Å². The van der Waals surface area contributed by atoms with Crippen LogP contribution in [0.1, 0.15) is 40.5 Å². The Kier molecular flexibility index (Phi) is 17.6. The third-order valence-corrected chi connectivity index (χ3v) is 11.9. The molecule has 0 fully saturated rings. The average molecular weight is 824 g/mol. The van der Waals surface area contributed by atoms with E-state index < -0.39 is 11.5 Å². The minimum Gasteiger partial charge on any atom is -0.505 e. The van der Waals surface area contributed by atoms with Crippen molar-refractivity contribution in [2.45, 2.75) is 60.8 Å². The van der Waals surface area contributed by atoms with Gasteiger partial charge in [-0.05, 0) is 42.8 Å². The van der Waals surface area contributed by atoms with Gasteiger partial charge in [-0.3, -0.25) is 9.59 Å². The number of thioether (sulfide) groups is 3. The predicted molar refractivity (Wildman–Crippen MR) is 200 cm³/mol. The van der Waals surface area contributed by atoms with Gasteiger partial charge in [0.05, 0.1) is 41.5 Å². The van der Waals surface area contributed by atoms with Gasteiger partial charge in [0.15, 0.2) is 17.2 Å². The molecule has 2 atom stereocenters. The monoisotopic (exact) mass is 820 g/mol. The highest BCUT2D eigenvalue weighted by Gasteiger charge is 2.36. The molecular formula is C32H34Cl6O6S3. The summed E-state index contributed by atoms with van der Waals surface area (Å²) in [4.78, 5) is 26.3. The molecule has 3 aromatic carbocycles. The molecule has 3 rings (SSSR count). The van der Waals surface area contributed by atoms with E-state index >= 15 is 0 Å². The van der Waals surface area contributed by atoms with Crippen molar-refractivity contribution in [1.82, 2.24) is 0 Å².